The Morgan fingerprint density at radius 3 is 2.79 bits per heavy atom. The van der Waals surface area contributed by atoms with Crippen LogP contribution >= 0.6 is 15.9 Å². The van der Waals surface area contributed by atoms with Gasteiger partial charge in [0.25, 0.3) is 0 Å². The standard InChI is InChI=1S/C19H28BrN3O4S/c1-5-26-17(24)23-8-6-19(7-9-23)11-14(22-28(25)18(2,3)4)13-10-16(20)21-12-15(13)27-19/h10,12,14,22H,5-9,11H2,1-4H3/t14-,28?/m0/s1. The number of pyridine rings is 1. The lowest BCUT2D eigenvalue weighted by Crippen LogP contribution is -2.54. The van der Waals surface area contributed by atoms with Crippen LogP contribution in [-0.4, -0.2) is 50.6 Å². The van der Waals surface area contributed by atoms with Crippen molar-refractivity contribution in [3.63, 3.8) is 0 Å². The second-order valence-corrected chi connectivity index (χ2v) is 11.1. The third kappa shape index (κ3) is 4.75. The Hall–Kier alpha value is -1.03. The highest BCUT2D eigenvalue weighted by atomic mass is 79.9. The Labute approximate surface area is 178 Å². The topological polar surface area (TPSA) is 86.8 Å². The Kier molecular flexibility index (Phi) is 6.48. The summed E-state index contributed by atoms with van der Waals surface area (Å²) in [5.74, 6) is 0.711. The van der Waals surface area contributed by atoms with Crippen LogP contribution in [0.3, 0.4) is 0 Å². The number of halogens is 1. The summed E-state index contributed by atoms with van der Waals surface area (Å²) in [4.78, 5) is 18.0. The second-order valence-electron chi connectivity index (χ2n) is 8.27. The van der Waals surface area contributed by atoms with Crippen LogP contribution in [0.25, 0.3) is 0 Å². The molecule has 1 amide bonds. The number of fused-ring (bicyclic) bond motifs is 1. The molecule has 0 bridgehead atoms. The molecule has 0 aliphatic carbocycles. The van der Waals surface area contributed by atoms with E-state index in [1.807, 2.05) is 26.8 Å². The molecule has 1 aromatic heterocycles. The SMILES string of the molecule is CCOC(=O)N1CCC2(CC1)C[C@H](N[S+]([O-])C(C)(C)C)c1cc(Br)ncc1O2. The number of nitrogens with one attached hydrogen (secondary N) is 1. The summed E-state index contributed by atoms with van der Waals surface area (Å²) in [5.41, 5.74) is 0.545. The Balaban J connectivity index is 1.80. The van der Waals surface area contributed by atoms with Crippen LogP contribution < -0.4 is 9.46 Å². The minimum atomic E-state index is -1.21. The molecule has 28 heavy (non-hydrogen) atoms. The fourth-order valence-corrected chi connectivity index (χ4v) is 4.75. The number of carbonyl (C=O) groups excluding carboxylic acids is 1. The van der Waals surface area contributed by atoms with Gasteiger partial charge in [0.15, 0.2) is 0 Å². The summed E-state index contributed by atoms with van der Waals surface area (Å²) in [6, 6.07) is 1.81. The van der Waals surface area contributed by atoms with Gasteiger partial charge in [-0.2, -0.15) is 0 Å². The van der Waals surface area contributed by atoms with Gasteiger partial charge in [0.2, 0.25) is 0 Å². The van der Waals surface area contributed by atoms with Crippen molar-refractivity contribution in [1.82, 2.24) is 14.6 Å². The van der Waals surface area contributed by atoms with E-state index in [2.05, 4.69) is 25.6 Å². The molecule has 1 aromatic rings. The summed E-state index contributed by atoms with van der Waals surface area (Å²) in [6.07, 6.45) is 3.52. The predicted molar refractivity (Wildman–Crippen MR) is 112 cm³/mol. The molecular formula is C19H28BrN3O4S. The van der Waals surface area contributed by atoms with Gasteiger partial charge in [-0.05, 0) is 49.7 Å². The van der Waals surface area contributed by atoms with Crippen molar-refractivity contribution in [1.29, 1.82) is 0 Å². The van der Waals surface area contributed by atoms with E-state index < -0.39 is 17.0 Å². The summed E-state index contributed by atoms with van der Waals surface area (Å²) in [7, 11) is 0. The highest BCUT2D eigenvalue weighted by Gasteiger charge is 2.46. The molecule has 7 nitrogen and oxygen atoms in total. The lowest BCUT2D eigenvalue weighted by molar-refractivity contribution is -0.0223. The highest BCUT2D eigenvalue weighted by Crippen LogP contribution is 2.45. The van der Waals surface area contributed by atoms with Crippen molar-refractivity contribution in [3.8, 4) is 5.75 Å². The van der Waals surface area contributed by atoms with Crippen molar-refractivity contribution >= 4 is 33.4 Å². The van der Waals surface area contributed by atoms with Crippen LogP contribution in [0, 0.1) is 0 Å². The van der Waals surface area contributed by atoms with Crippen LogP contribution in [0.2, 0.25) is 0 Å². The van der Waals surface area contributed by atoms with Crippen LogP contribution in [0.1, 0.15) is 58.6 Å². The van der Waals surface area contributed by atoms with Gasteiger partial charge >= 0.3 is 6.09 Å². The van der Waals surface area contributed by atoms with Crippen molar-refractivity contribution in [2.75, 3.05) is 19.7 Å². The number of aromatic nitrogens is 1. The van der Waals surface area contributed by atoms with Gasteiger partial charge in [0.1, 0.15) is 20.7 Å². The number of piperidine rings is 1. The zero-order valence-corrected chi connectivity index (χ0v) is 19.2. The average Bonchev–Trinajstić information content (AvgIpc) is 2.62. The predicted octanol–water partition coefficient (Wildman–Crippen LogP) is 3.71. The molecule has 2 atom stereocenters. The maximum absolute atomic E-state index is 12.8. The van der Waals surface area contributed by atoms with E-state index in [0.29, 0.717) is 44.7 Å². The normalized spacial score (nSPS) is 22.4. The first-order valence-corrected chi connectivity index (χ1v) is 11.5. The molecule has 9 heteroatoms. The lowest BCUT2D eigenvalue weighted by atomic mass is 9.81. The largest absolute Gasteiger partial charge is 0.598 e. The lowest BCUT2D eigenvalue weighted by Gasteiger charge is -2.46. The highest BCUT2D eigenvalue weighted by molar-refractivity contribution is 9.10. The summed E-state index contributed by atoms with van der Waals surface area (Å²) < 4.78 is 27.9. The van der Waals surface area contributed by atoms with Crippen molar-refractivity contribution < 1.29 is 18.8 Å². The van der Waals surface area contributed by atoms with Crippen molar-refractivity contribution in [3.05, 3.63) is 22.4 Å². The monoisotopic (exact) mass is 473 g/mol. The van der Waals surface area contributed by atoms with Gasteiger partial charge in [-0.1, -0.05) is 0 Å². The van der Waals surface area contributed by atoms with Gasteiger partial charge in [-0.15, -0.1) is 4.72 Å². The quantitative estimate of drug-likeness (QED) is 0.531. The van der Waals surface area contributed by atoms with Crippen LogP contribution in [0.15, 0.2) is 16.9 Å². The van der Waals surface area contributed by atoms with Crippen molar-refractivity contribution in [2.45, 2.75) is 63.3 Å². The maximum Gasteiger partial charge on any atom is 0.409 e. The molecule has 0 saturated carbocycles. The van der Waals surface area contributed by atoms with Crippen LogP contribution in [0.5, 0.6) is 5.75 Å². The zero-order chi connectivity index (χ0) is 20.5. The molecular weight excluding hydrogens is 446 g/mol. The van der Waals surface area contributed by atoms with E-state index in [4.69, 9.17) is 9.47 Å². The Morgan fingerprint density at radius 2 is 2.18 bits per heavy atom. The minimum Gasteiger partial charge on any atom is -0.598 e. The first-order valence-electron chi connectivity index (χ1n) is 9.58. The molecule has 1 spiro atoms. The number of ether oxygens (including phenoxy) is 2. The first-order chi connectivity index (χ1) is 13.1. The fraction of sp³-hybridized carbons (Fsp3) is 0.684. The van der Waals surface area contributed by atoms with E-state index in [1.165, 1.54) is 0 Å². The molecule has 3 heterocycles. The number of likely N-dealkylation sites (tertiary alicyclic amines) is 1. The molecule has 156 valence electrons. The van der Waals surface area contributed by atoms with E-state index in [9.17, 15) is 9.35 Å². The van der Waals surface area contributed by atoms with Crippen molar-refractivity contribution in [2.24, 2.45) is 0 Å². The van der Waals surface area contributed by atoms with E-state index >= 15 is 0 Å². The third-order valence-electron chi connectivity index (χ3n) is 5.15. The van der Waals surface area contributed by atoms with Gasteiger partial charge in [0.05, 0.1) is 18.8 Å². The Bertz CT molecular complexity index is 720. The van der Waals surface area contributed by atoms with Crippen LogP contribution in [-0.2, 0) is 16.1 Å². The summed E-state index contributed by atoms with van der Waals surface area (Å²) >= 11 is 2.21. The van der Waals surface area contributed by atoms with Gasteiger partial charge in [0, 0.05) is 49.3 Å². The minimum absolute atomic E-state index is 0.114. The molecule has 2 aliphatic heterocycles. The summed E-state index contributed by atoms with van der Waals surface area (Å²) in [5, 5.41) is 0. The zero-order valence-electron chi connectivity index (χ0n) is 16.8. The van der Waals surface area contributed by atoms with Gasteiger partial charge in [-0.25, -0.2) is 9.78 Å². The van der Waals surface area contributed by atoms with Gasteiger partial charge in [-0.3, -0.25) is 0 Å². The van der Waals surface area contributed by atoms with E-state index in [1.54, 1.807) is 18.0 Å². The number of rotatable bonds is 3. The first kappa shape index (κ1) is 21.7. The van der Waals surface area contributed by atoms with E-state index in [0.717, 1.165) is 10.2 Å². The smallest absolute Gasteiger partial charge is 0.409 e. The maximum atomic E-state index is 12.8. The van der Waals surface area contributed by atoms with Crippen LogP contribution in [0.4, 0.5) is 4.79 Å². The molecule has 0 radical (unpaired) electrons. The number of nitrogens with zero attached hydrogens (tertiary/aromatic N) is 2. The van der Waals surface area contributed by atoms with E-state index in [-0.39, 0.29) is 16.9 Å². The molecule has 1 fully saturated rings. The average molecular weight is 474 g/mol. The molecule has 0 aromatic carbocycles. The summed E-state index contributed by atoms with van der Waals surface area (Å²) in [6.45, 7) is 9.18. The number of carbonyl (C=O) groups is 1. The molecule has 1 saturated heterocycles. The molecule has 3 rings (SSSR count). The number of hydrogen-bond donors (Lipinski definition) is 1. The second kappa shape index (κ2) is 8.38. The fourth-order valence-electron chi connectivity index (χ4n) is 3.57. The number of amides is 1. The third-order valence-corrected chi connectivity index (χ3v) is 7.19. The Morgan fingerprint density at radius 1 is 1.50 bits per heavy atom. The molecule has 1 N–H and O–H groups in total. The molecule has 1 unspecified atom stereocenters. The van der Waals surface area contributed by atoms with Gasteiger partial charge < -0.3 is 18.9 Å². The molecule has 2 aliphatic rings. The number of hydrogen-bond acceptors (Lipinski definition) is 6.